The molecule has 0 bridgehead atoms. The van der Waals surface area contributed by atoms with Gasteiger partial charge >= 0.3 is 5.97 Å². The Kier molecular flexibility index (Phi) is 7.08. The van der Waals surface area contributed by atoms with E-state index in [-0.39, 0.29) is 0 Å². The number of hydrogen-bond donors (Lipinski definition) is 2. The Morgan fingerprint density at radius 3 is 2.46 bits per heavy atom. The highest BCUT2D eigenvalue weighted by Gasteiger charge is 2.12. The summed E-state index contributed by atoms with van der Waals surface area (Å²) < 4.78 is 6.76. The lowest BCUT2D eigenvalue weighted by atomic mass is 10.1. The third-order valence-corrected chi connectivity index (χ3v) is 4.90. The van der Waals surface area contributed by atoms with Gasteiger partial charge < -0.3 is 15.8 Å². The van der Waals surface area contributed by atoms with E-state index in [2.05, 4.69) is 15.4 Å². The van der Waals surface area contributed by atoms with Crippen LogP contribution in [0.1, 0.15) is 15.9 Å². The second kappa shape index (κ2) is 10.7. The van der Waals surface area contributed by atoms with Crippen molar-refractivity contribution in [1.82, 2.24) is 14.8 Å². The number of esters is 1. The SMILES string of the molecule is NC(=O)c1ccc(NC(=O)COC(=O)C=Cc2cn(-c3ccccc3)nc2-c2cccnc2)cc1. The van der Waals surface area contributed by atoms with Crippen LogP contribution in [-0.2, 0) is 14.3 Å². The number of ether oxygens (including phenoxy) is 1. The lowest BCUT2D eigenvalue weighted by Gasteiger charge is -2.06. The number of rotatable bonds is 8. The summed E-state index contributed by atoms with van der Waals surface area (Å²) in [5, 5.41) is 7.22. The molecule has 0 fully saturated rings. The van der Waals surface area contributed by atoms with Gasteiger partial charge in [0.15, 0.2) is 6.61 Å². The predicted octanol–water partition coefficient (Wildman–Crippen LogP) is 3.23. The number of primary amides is 1. The monoisotopic (exact) mass is 467 g/mol. The van der Waals surface area contributed by atoms with E-state index in [1.165, 1.54) is 30.3 Å². The molecule has 2 aromatic heterocycles. The molecule has 0 saturated carbocycles. The summed E-state index contributed by atoms with van der Waals surface area (Å²) in [6, 6.07) is 19.3. The number of nitrogens with zero attached hydrogens (tertiary/aromatic N) is 3. The zero-order valence-electron chi connectivity index (χ0n) is 18.5. The number of benzene rings is 2. The molecule has 9 nitrogen and oxygen atoms in total. The Bertz CT molecular complexity index is 1360. The van der Waals surface area contributed by atoms with E-state index >= 15 is 0 Å². The van der Waals surface area contributed by atoms with Crippen LogP contribution < -0.4 is 11.1 Å². The Balaban J connectivity index is 1.42. The topological polar surface area (TPSA) is 129 Å². The number of nitrogens with one attached hydrogen (secondary N) is 1. The second-order valence-corrected chi connectivity index (χ2v) is 7.39. The number of hydrogen-bond acceptors (Lipinski definition) is 6. The molecule has 2 aromatic carbocycles. The van der Waals surface area contributed by atoms with Crippen molar-refractivity contribution >= 4 is 29.5 Å². The Hall–Kier alpha value is -5.05. The number of para-hydroxylation sites is 1. The van der Waals surface area contributed by atoms with Crippen LogP contribution in [0.2, 0.25) is 0 Å². The van der Waals surface area contributed by atoms with Gasteiger partial charge in [-0.1, -0.05) is 18.2 Å². The predicted molar refractivity (Wildman–Crippen MR) is 130 cm³/mol. The van der Waals surface area contributed by atoms with Gasteiger partial charge in [0, 0.05) is 47.0 Å². The molecule has 0 aliphatic rings. The highest BCUT2D eigenvalue weighted by Crippen LogP contribution is 2.24. The van der Waals surface area contributed by atoms with Gasteiger partial charge in [0.25, 0.3) is 5.91 Å². The third kappa shape index (κ3) is 6.05. The smallest absolute Gasteiger partial charge is 0.331 e. The number of aromatic nitrogens is 3. The molecule has 2 amide bonds. The van der Waals surface area contributed by atoms with Crippen LogP contribution in [-0.4, -0.2) is 39.2 Å². The summed E-state index contributed by atoms with van der Waals surface area (Å²) in [6.45, 7) is -0.473. The zero-order valence-corrected chi connectivity index (χ0v) is 18.5. The summed E-state index contributed by atoms with van der Waals surface area (Å²) >= 11 is 0. The summed E-state index contributed by atoms with van der Waals surface area (Å²) in [5.74, 6) is -1.77. The maximum atomic E-state index is 12.2. The van der Waals surface area contributed by atoms with Crippen molar-refractivity contribution < 1.29 is 19.1 Å². The van der Waals surface area contributed by atoms with Gasteiger partial charge in [-0.05, 0) is 54.6 Å². The molecule has 0 spiro atoms. The fraction of sp³-hybridized carbons (Fsp3) is 0.0385. The molecule has 0 unspecified atom stereocenters. The molecule has 4 aromatic rings. The van der Waals surface area contributed by atoms with Gasteiger partial charge in [-0.3, -0.25) is 14.6 Å². The summed E-state index contributed by atoms with van der Waals surface area (Å²) in [6.07, 6.45) is 7.97. The summed E-state index contributed by atoms with van der Waals surface area (Å²) in [7, 11) is 0. The quantitative estimate of drug-likeness (QED) is 0.302. The van der Waals surface area contributed by atoms with Crippen LogP contribution in [0.3, 0.4) is 0 Å². The fourth-order valence-electron chi connectivity index (χ4n) is 3.21. The number of pyridine rings is 1. The molecule has 0 saturated heterocycles. The minimum Gasteiger partial charge on any atom is -0.452 e. The summed E-state index contributed by atoms with van der Waals surface area (Å²) in [5.41, 5.74) is 8.93. The Labute approximate surface area is 200 Å². The van der Waals surface area contributed by atoms with E-state index in [4.69, 9.17) is 10.5 Å². The molecular weight excluding hydrogens is 446 g/mol. The van der Waals surface area contributed by atoms with Crippen molar-refractivity contribution in [2.45, 2.75) is 0 Å². The van der Waals surface area contributed by atoms with Crippen molar-refractivity contribution in [3.05, 3.63) is 103 Å². The first kappa shape index (κ1) is 23.1. The van der Waals surface area contributed by atoms with Crippen LogP contribution >= 0.6 is 0 Å². The first-order valence-electron chi connectivity index (χ1n) is 10.6. The van der Waals surface area contributed by atoms with Gasteiger partial charge in [0.2, 0.25) is 5.91 Å². The van der Waals surface area contributed by atoms with Crippen LogP contribution in [0.25, 0.3) is 23.0 Å². The molecule has 2 heterocycles. The number of carbonyl (C=O) groups excluding carboxylic acids is 3. The fourth-order valence-corrected chi connectivity index (χ4v) is 3.21. The summed E-state index contributed by atoms with van der Waals surface area (Å²) in [4.78, 5) is 39.6. The van der Waals surface area contributed by atoms with E-state index < -0.39 is 24.4 Å². The molecule has 0 radical (unpaired) electrons. The van der Waals surface area contributed by atoms with Crippen molar-refractivity contribution in [3.63, 3.8) is 0 Å². The standard InChI is InChI=1S/C26H21N5O4/c27-26(34)18-8-11-21(12-9-18)29-23(32)17-35-24(33)13-10-20-16-31(22-6-2-1-3-7-22)30-25(20)19-5-4-14-28-15-19/h1-16H,17H2,(H2,27,34)(H,29,32). The Morgan fingerprint density at radius 2 is 1.77 bits per heavy atom. The van der Waals surface area contributed by atoms with E-state index in [0.717, 1.165) is 11.3 Å². The average Bonchev–Trinajstić information content (AvgIpc) is 3.32. The molecule has 9 heteroatoms. The number of amides is 2. The highest BCUT2D eigenvalue weighted by atomic mass is 16.5. The van der Waals surface area contributed by atoms with Crippen molar-refractivity contribution in [2.75, 3.05) is 11.9 Å². The molecule has 0 aliphatic carbocycles. The lowest BCUT2D eigenvalue weighted by Crippen LogP contribution is -2.20. The van der Waals surface area contributed by atoms with Crippen LogP contribution in [0.4, 0.5) is 5.69 Å². The third-order valence-electron chi connectivity index (χ3n) is 4.90. The number of nitrogens with two attached hydrogens (primary N) is 1. The highest BCUT2D eigenvalue weighted by molar-refractivity contribution is 5.96. The largest absolute Gasteiger partial charge is 0.452 e. The zero-order chi connectivity index (χ0) is 24.6. The minimum absolute atomic E-state index is 0.320. The lowest BCUT2D eigenvalue weighted by molar-refractivity contribution is -0.142. The number of anilines is 1. The van der Waals surface area contributed by atoms with Crippen LogP contribution in [0.5, 0.6) is 0 Å². The molecule has 0 atom stereocenters. The van der Waals surface area contributed by atoms with Gasteiger partial charge in [0.05, 0.1) is 5.69 Å². The van der Waals surface area contributed by atoms with Crippen molar-refractivity contribution in [1.29, 1.82) is 0 Å². The Morgan fingerprint density at radius 1 is 1.00 bits per heavy atom. The van der Waals surface area contributed by atoms with Gasteiger partial charge in [0.1, 0.15) is 5.69 Å². The molecular formula is C26H21N5O4. The normalized spacial score (nSPS) is 10.7. The van der Waals surface area contributed by atoms with Gasteiger partial charge in [-0.15, -0.1) is 0 Å². The molecule has 174 valence electrons. The first-order chi connectivity index (χ1) is 17.0. The van der Waals surface area contributed by atoms with Gasteiger partial charge in [-0.2, -0.15) is 5.10 Å². The second-order valence-electron chi connectivity index (χ2n) is 7.39. The van der Waals surface area contributed by atoms with Crippen LogP contribution in [0.15, 0.2) is 91.4 Å². The maximum Gasteiger partial charge on any atom is 0.331 e. The van der Waals surface area contributed by atoms with E-state index in [1.54, 1.807) is 35.4 Å². The molecule has 4 rings (SSSR count). The molecule has 35 heavy (non-hydrogen) atoms. The van der Waals surface area contributed by atoms with Gasteiger partial charge in [-0.25, -0.2) is 9.48 Å². The molecule has 0 aliphatic heterocycles. The van der Waals surface area contributed by atoms with Crippen molar-refractivity contribution in [3.8, 4) is 16.9 Å². The first-order valence-corrected chi connectivity index (χ1v) is 10.6. The number of carbonyl (C=O) groups is 3. The van der Waals surface area contributed by atoms with Crippen molar-refractivity contribution in [2.24, 2.45) is 5.73 Å². The van der Waals surface area contributed by atoms with Crippen LogP contribution in [0, 0.1) is 0 Å². The molecule has 3 N–H and O–H groups in total. The van der Waals surface area contributed by atoms with E-state index in [9.17, 15) is 14.4 Å². The van der Waals surface area contributed by atoms with E-state index in [0.29, 0.717) is 22.5 Å². The van der Waals surface area contributed by atoms with E-state index in [1.807, 2.05) is 36.4 Å². The maximum absolute atomic E-state index is 12.2. The average molecular weight is 467 g/mol. The minimum atomic E-state index is -0.686.